The molecule has 7 nitrogen and oxygen atoms in total. The van der Waals surface area contributed by atoms with Crippen LogP contribution in [0.1, 0.15) is 20.8 Å². The smallest absolute Gasteiger partial charge is 0.335 e. The van der Waals surface area contributed by atoms with Gasteiger partial charge >= 0.3 is 5.97 Å². The van der Waals surface area contributed by atoms with Crippen LogP contribution in [0.5, 0.6) is 0 Å². The summed E-state index contributed by atoms with van der Waals surface area (Å²) in [6.07, 6.45) is 3.27. The summed E-state index contributed by atoms with van der Waals surface area (Å²) >= 11 is 0. The van der Waals surface area contributed by atoms with E-state index in [0.29, 0.717) is 28.4 Å². The third-order valence-corrected chi connectivity index (χ3v) is 4.37. The maximum absolute atomic E-state index is 13.3. The molecule has 0 atom stereocenters. The highest BCUT2D eigenvalue weighted by atomic mass is 19.1. The lowest BCUT2D eigenvalue weighted by atomic mass is 10.1. The number of rotatable bonds is 6. The minimum atomic E-state index is -1.02. The van der Waals surface area contributed by atoms with Gasteiger partial charge < -0.3 is 10.4 Å². The molecule has 0 radical (unpaired) electrons. The van der Waals surface area contributed by atoms with Crippen LogP contribution in [0.4, 0.5) is 10.1 Å². The Morgan fingerprint density at radius 2 is 1.79 bits per heavy atom. The second-order valence-corrected chi connectivity index (χ2v) is 6.26. The Balaban J connectivity index is 1.65. The zero-order valence-corrected chi connectivity index (χ0v) is 15.0. The lowest BCUT2D eigenvalue weighted by Gasteiger charge is -2.08. The van der Waals surface area contributed by atoms with Crippen LogP contribution in [0.25, 0.3) is 17.0 Å². The maximum Gasteiger partial charge on any atom is 0.335 e. The molecule has 4 aromatic rings. The number of aromatic carboxylic acids is 1. The van der Waals surface area contributed by atoms with Crippen LogP contribution >= 0.6 is 0 Å². The molecule has 0 spiro atoms. The molecule has 0 fully saturated rings. The summed E-state index contributed by atoms with van der Waals surface area (Å²) < 4.78 is 14.9. The van der Waals surface area contributed by atoms with Crippen molar-refractivity contribution in [3.63, 3.8) is 0 Å². The van der Waals surface area contributed by atoms with Crippen molar-refractivity contribution in [2.24, 2.45) is 0 Å². The monoisotopic (exact) mass is 390 g/mol. The van der Waals surface area contributed by atoms with E-state index >= 15 is 0 Å². The van der Waals surface area contributed by atoms with E-state index in [-0.39, 0.29) is 23.7 Å². The minimum absolute atomic E-state index is 0.0384. The number of fused-ring (bicyclic) bond motifs is 1. The lowest BCUT2D eigenvalue weighted by molar-refractivity contribution is 0.0696. The number of carboxylic acid groups (broad SMARTS) is 1. The van der Waals surface area contributed by atoms with Gasteiger partial charge in [0, 0.05) is 23.6 Å². The van der Waals surface area contributed by atoms with Gasteiger partial charge in [-0.2, -0.15) is 0 Å². The van der Waals surface area contributed by atoms with Gasteiger partial charge in [-0.3, -0.25) is 9.20 Å². The summed E-state index contributed by atoms with van der Waals surface area (Å²) in [5, 5.41) is 11.9. The fourth-order valence-electron chi connectivity index (χ4n) is 2.96. The first-order valence-electron chi connectivity index (χ1n) is 8.72. The first kappa shape index (κ1) is 18.3. The molecule has 0 saturated heterocycles. The number of halogens is 1. The van der Waals surface area contributed by atoms with E-state index in [9.17, 15) is 14.0 Å². The van der Waals surface area contributed by atoms with Gasteiger partial charge in [-0.25, -0.2) is 19.2 Å². The molecule has 29 heavy (non-hydrogen) atoms. The molecule has 0 unspecified atom stereocenters. The number of hydrogen-bond acceptors (Lipinski definition) is 5. The number of hydrogen-bond donors (Lipinski definition) is 2. The van der Waals surface area contributed by atoms with Crippen molar-refractivity contribution in [3.8, 4) is 11.3 Å². The fraction of sp³-hybridized carbons (Fsp3) is 0.0476. The number of aromatic nitrogens is 3. The molecule has 4 rings (SSSR count). The van der Waals surface area contributed by atoms with Gasteiger partial charge in [-0.1, -0.05) is 0 Å². The van der Waals surface area contributed by atoms with E-state index in [1.807, 2.05) is 0 Å². The minimum Gasteiger partial charge on any atom is -0.478 e. The number of nitrogens with one attached hydrogen (secondary N) is 1. The van der Waals surface area contributed by atoms with Gasteiger partial charge in [0.25, 0.3) is 0 Å². The van der Waals surface area contributed by atoms with Gasteiger partial charge in [0.15, 0.2) is 0 Å². The third kappa shape index (κ3) is 3.68. The summed E-state index contributed by atoms with van der Waals surface area (Å²) in [6.45, 7) is -0.0384. The van der Waals surface area contributed by atoms with Crippen molar-refractivity contribution in [2.45, 2.75) is 0 Å². The Labute approximate surface area is 164 Å². The number of Topliss-reactive ketones (excluding diaryl/α,β-unsaturated/α-hetero) is 1. The molecule has 2 aromatic carbocycles. The van der Waals surface area contributed by atoms with Gasteiger partial charge in [0.2, 0.25) is 11.6 Å². The van der Waals surface area contributed by atoms with E-state index in [4.69, 9.17) is 5.11 Å². The average Bonchev–Trinajstić information content (AvgIpc) is 3.12. The summed E-state index contributed by atoms with van der Waals surface area (Å²) in [7, 11) is 0. The number of nitrogens with zero attached hydrogens (tertiary/aromatic N) is 3. The van der Waals surface area contributed by atoms with Crippen LogP contribution in [0, 0.1) is 5.82 Å². The number of carbonyl (C=O) groups is 2. The van der Waals surface area contributed by atoms with Crippen LogP contribution in [0.3, 0.4) is 0 Å². The first-order valence-corrected chi connectivity index (χ1v) is 8.72. The molecule has 0 aliphatic rings. The first-order chi connectivity index (χ1) is 14.0. The molecule has 144 valence electrons. The van der Waals surface area contributed by atoms with Crippen LogP contribution < -0.4 is 5.32 Å². The Morgan fingerprint density at radius 1 is 1.07 bits per heavy atom. The number of carbonyl (C=O) groups excluding carboxylic acids is 1. The van der Waals surface area contributed by atoms with E-state index in [2.05, 4.69) is 15.3 Å². The van der Waals surface area contributed by atoms with E-state index < -0.39 is 5.97 Å². The van der Waals surface area contributed by atoms with E-state index in [1.54, 1.807) is 47.1 Å². The van der Waals surface area contributed by atoms with E-state index in [1.165, 1.54) is 24.3 Å². The number of ketones is 1. The second-order valence-electron chi connectivity index (χ2n) is 6.26. The molecule has 0 bridgehead atoms. The molecule has 2 heterocycles. The zero-order chi connectivity index (χ0) is 20.4. The zero-order valence-electron chi connectivity index (χ0n) is 15.0. The predicted octanol–water partition coefficient (Wildman–Crippen LogP) is 3.53. The van der Waals surface area contributed by atoms with Crippen molar-refractivity contribution in [3.05, 3.63) is 84.1 Å². The molecule has 0 amide bonds. The van der Waals surface area contributed by atoms with Gasteiger partial charge in [-0.05, 0) is 54.6 Å². The predicted molar refractivity (Wildman–Crippen MR) is 105 cm³/mol. The van der Waals surface area contributed by atoms with Crippen molar-refractivity contribution in [1.82, 2.24) is 14.4 Å². The Bertz CT molecular complexity index is 1200. The molecule has 0 saturated carbocycles. The fourth-order valence-corrected chi connectivity index (χ4v) is 2.96. The van der Waals surface area contributed by atoms with Crippen molar-refractivity contribution >= 4 is 23.2 Å². The van der Waals surface area contributed by atoms with Crippen LogP contribution in [0.15, 0.2) is 67.0 Å². The summed E-state index contributed by atoms with van der Waals surface area (Å²) in [5.41, 5.74) is 2.11. The van der Waals surface area contributed by atoms with Crippen LogP contribution in [0.2, 0.25) is 0 Å². The van der Waals surface area contributed by atoms with Crippen molar-refractivity contribution in [2.75, 3.05) is 11.9 Å². The largest absolute Gasteiger partial charge is 0.478 e. The normalized spacial score (nSPS) is 10.8. The van der Waals surface area contributed by atoms with Crippen molar-refractivity contribution in [1.29, 1.82) is 0 Å². The summed E-state index contributed by atoms with van der Waals surface area (Å²) in [4.78, 5) is 32.6. The molecular weight excluding hydrogens is 375 g/mol. The number of imidazole rings is 1. The number of carboxylic acids is 1. The van der Waals surface area contributed by atoms with Gasteiger partial charge in [0.1, 0.15) is 17.2 Å². The highest BCUT2D eigenvalue weighted by molar-refractivity contribution is 6.03. The second kappa shape index (κ2) is 7.51. The molecule has 2 N–H and O–H groups in total. The Kier molecular flexibility index (Phi) is 4.74. The highest BCUT2D eigenvalue weighted by Gasteiger charge is 2.21. The van der Waals surface area contributed by atoms with Gasteiger partial charge in [0.05, 0.1) is 12.1 Å². The third-order valence-electron chi connectivity index (χ3n) is 4.37. The number of anilines is 1. The van der Waals surface area contributed by atoms with Gasteiger partial charge in [-0.15, -0.1) is 0 Å². The maximum atomic E-state index is 13.3. The average molecular weight is 390 g/mol. The lowest BCUT2D eigenvalue weighted by Crippen LogP contribution is -2.17. The quantitative estimate of drug-likeness (QED) is 0.489. The van der Waals surface area contributed by atoms with Crippen LogP contribution in [-0.4, -0.2) is 37.8 Å². The molecule has 0 aliphatic carbocycles. The van der Waals surface area contributed by atoms with Crippen LogP contribution in [-0.2, 0) is 0 Å². The summed E-state index contributed by atoms with van der Waals surface area (Å²) in [6, 6.07) is 13.5. The number of benzene rings is 2. The van der Waals surface area contributed by atoms with Crippen molar-refractivity contribution < 1.29 is 19.1 Å². The Hall–Kier alpha value is -4.07. The summed E-state index contributed by atoms with van der Waals surface area (Å²) in [5.74, 6) is -1.28. The Morgan fingerprint density at radius 3 is 2.48 bits per heavy atom. The standard InChI is InChI=1S/C21H15FN4O3/c22-15-6-2-13(3-7-15)18-19(26-11-1-10-23-21(26)25-18)17(27)12-24-16-8-4-14(5-9-16)20(28)29/h1-11,24H,12H2,(H,28,29). The highest BCUT2D eigenvalue weighted by Crippen LogP contribution is 2.25. The molecule has 2 aromatic heterocycles. The molecule has 8 heteroatoms. The SMILES string of the molecule is O=C(O)c1ccc(NCC(=O)c2c(-c3ccc(F)cc3)nc3ncccn23)cc1. The van der Waals surface area contributed by atoms with E-state index in [0.717, 1.165) is 0 Å². The topological polar surface area (TPSA) is 96.6 Å². The molecular formula is C21H15FN4O3. The molecule has 0 aliphatic heterocycles.